The zero-order valence-corrected chi connectivity index (χ0v) is 11.8. The molecule has 0 fully saturated rings. The van der Waals surface area contributed by atoms with Gasteiger partial charge in [0.1, 0.15) is 0 Å². The summed E-state index contributed by atoms with van der Waals surface area (Å²) in [6, 6.07) is 10.8. The number of nitrogens with one attached hydrogen (secondary N) is 2. The minimum absolute atomic E-state index is 0.175. The highest BCUT2D eigenvalue weighted by molar-refractivity contribution is 7.13. The fourth-order valence-electron chi connectivity index (χ4n) is 1.79. The van der Waals surface area contributed by atoms with Gasteiger partial charge in [-0.25, -0.2) is 4.98 Å². The molecular formula is C15H12N4OS. The molecule has 21 heavy (non-hydrogen) atoms. The molecule has 0 atom stereocenters. The Morgan fingerprint density at radius 3 is 2.76 bits per heavy atom. The summed E-state index contributed by atoms with van der Waals surface area (Å²) in [6.07, 6.45) is 5.00. The van der Waals surface area contributed by atoms with Gasteiger partial charge >= 0.3 is 0 Å². The van der Waals surface area contributed by atoms with Crippen LogP contribution >= 0.6 is 11.3 Å². The van der Waals surface area contributed by atoms with Gasteiger partial charge in [-0.2, -0.15) is 0 Å². The Kier molecular flexibility index (Phi) is 3.88. The Morgan fingerprint density at radius 2 is 2.00 bits per heavy atom. The topological polar surface area (TPSA) is 66.9 Å². The lowest BCUT2D eigenvalue weighted by Gasteiger charge is -2.07. The first-order chi connectivity index (χ1) is 10.3. The molecule has 0 saturated heterocycles. The van der Waals surface area contributed by atoms with Crippen molar-refractivity contribution in [3.05, 3.63) is 65.9 Å². The average Bonchev–Trinajstić information content (AvgIpc) is 3.01. The van der Waals surface area contributed by atoms with Crippen molar-refractivity contribution in [3.8, 4) is 0 Å². The summed E-state index contributed by atoms with van der Waals surface area (Å²) in [5.41, 5.74) is 2.06. The number of carbonyl (C=O) groups excluding carboxylic acids is 1. The van der Waals surface area contributed by atoms with Gasteiger partial charge in [-0.05, 0) is 30.3 Å². The fourth-order valence-corrected chi connectivity index (χ4v) is 2.34. The molecule has 6 heteroatoms. The molecule has 0 aliphatic carbocycles. The van der Waals surface area contributed by atoms with E-state index in [1.807, 2.05) is 17.5 Å². The Morgan fingerprint density at radius 1 is 1.10 bits per heavy atom. The van der Waals surface area contributed by atoms with Crippen LogP contribution in [0.5, 0.6) is 0 Å². The number of thiazole rings is 1. The average molecular weight is 296 g/mol. The van der Waals surface area contributed by atoms with E-state index in [2.05, 4.69) is 20.6 Å². The van der Waals surface area contributed by atoms with Crippen LogP contribution < -0.4 is 10.6 Å². The normalized spacial score (nSPS) is 10.1. The number of hydrogen-bond donors (Lipinski definition) is 2. The summed E-state index contributed by atoms with van der Waals surface area (Å²) in [5, 5.41) is 8.64. The van der Waals surface area contributed by atoms with E-state index in [9.17, 15) is 4.79 Å². The number of aromatic nitrogens is 2. The van der Waals surface area contributed by atoms with Gasteiger partial charge in [0, 0.05) is 29.0 Å². The van der Waals surface area contributed by atoms with E-state index in [0.717, 1.165) is 10.8 Å². The van der Waals surface area contributed by atoms with Gasteiger partial charge in [0.05, 0.1) is 11.9 Å². The van der Waals surface area contributed by atoms with Crippen LogP contribution in [0.4, 0.5) is 16.5 Å². The van der Waals surface area contributed by atoms with Gasteiger partial charge in [-0.15, -0.1) is 11.3 Å². The second kappa shape index (κ2) is 6.15. The summed E-state index contributed by atoms with van der Waals surface area (Å²) >= 11 is 1.50. The van der Waals surface area contributed by atoms with Crippen molar-refractivity contribution in [1.82, 2.24) is 9.97 Å². The molecule has 0 radical (unpaired) electrons. The number of benzene rings is 1. The van der Waals surface area contributed by atoms with Gasteiger partial charge in [-0.1, -0.05) is 6.07 Å². The highest BCUT2D eigenvalue weighted by Crippen LogP contribution is 2.20. The van der Waals surface area contributed by atoms with Crippen molar-refractivity contribution in [3.63, 3.8) is 0 Å². The van der Waals surface area contributed by atoms with Gasteiger partial charge in [0.25, 0.3) is 5.91 Å². The summed E-state index contributed by atoms with van der Waals surface area (Å²) in [6.45, 7) is 0. The van der Waals surface area contributed by atoms with Crippen LogP contribution in [-0.2, 0) is 0 Å². The van der Waals surface area contributed by atoms with E-state index < -0.39 is 0 Å². The third kappa shape index (κ3) is 3.43. The maximum absolute atomic E-state index is 12.2. The van der Waals surface area contributed by atoms with E-state index in [0.29, 0.717) is 11.3 Å². The lowest BCUT2D eigenvalue weighted by molar-refractivity contribution is 0.102. The maximum atomic E-state index is 12.2. The Hall–Kier alpha value is -2.73. The second-order valence-electron chi connectivity index (χ2n) is 4.24. The number of carbonyl (C=O) groups is 1. The zero-order chi connectivity index (χ0) is 14.5. The van der Waals surface area contributed by atoms with Crippen LogP contribution in [0.1, 0.15) is 10.4 Å². The molecule has 104 valence electrons. The van der Waals surface area contributed by atoms with Gasteiger partial charge in [0.2, 0.25) is 0 Å². The lowest BCUT2D eigenvalue weighted by atomic mass is 10.2. The third-order valence-electron chi connectivity index (χ3n) is 2.73. The van der Waals surface area contributed by atoms with Crippen molar-refractivity contribution in [2.45, 2.75) is 0 Å². The highest BCUT2D eigenvalue weighted by Gasteiger charge is 2.07. The first kappa shape index (κ1) is 13.3. The lowest BCUT2D eigenvalue weighted by Crippen LogP contribution is -2.12. The van der Waals surface area contributed by atoms with Crippen LogP contribution in [0, 0.1) is 0 Å². The molecular weight excluding hydrogens is 284 g/mol. The predicted molar refractivity (Wildman–Crippen MR) is 84.0 cm³/mol. The van der Waals surface area contributed by atoms with Crippen LogP contribution in [-0.4, -0.2) is 15.9 Å². The molecule has 2 heterocycles. The van der Waals surface area contributed by atoms with Crippen molar-refractivity contribution in [1.29, 1.82) is 0 Å². The van der Waals surface area contributed by atoms with E-state index in [1.165, 1.54) is 11.3 Å². The summed E-state index contributed by atoms with van der Waals surface area (Å²) in [5.74, 6) is -0.175. The Bertz CT molecular complexity index is 728. The van der Waals surface area contributed by atoms with Crippen LogP contribution in [0.15, 0.2) is 60.4 Å². The quantitative estimate of drug-likeness (QED) is 0.773. The molecule has 0 unspecified atom stereocenters. The number of nitrogens with zero attached hydrogens (tertiary/aromatic N) is 2. The van der Waals surface area contributed by atoms with Crippen LogP contribution in [0.25, 0.3) is 0 Å². The number of pyridine rings is 1. The molecule has 0 bridgehead atoms. The van der Waals surface area contributed by atoms with Gasteiger partial charge < -0.3 is 10.6 Å². The smallest absolute Gasteiger partial charge is 0.255 e. The number of rotatable bonds is 4. The van der Waals surface area contributed by atoms with Crippen LogP contribution in [0.2, 0.25) is 0 Å². The number of anilines is 3. The molecule has 0 aliphatic heterocycles. The maximum Gasteiger partial charge on any atom is 0.255 e. The summed E-state index contributed by atoms with van der Waals surface area (Å²) < 4.78 is 0. The molecule has 5 nitrogen and oxygen atoms in total. The highest BCUT2D eigenvalue weighted by atomic mass is 32.1. The largest absolute Gasteiger partial charge is 0.332 e. The third-order valence-corrected chi connectivity index (χ3v) is 3.42. The SMILES string of the molecule is O=C(Nc1cccnc1)c1cccc(Nc2nccs2)c1. The minimum Gasteiger partial charge on any atom is -0.332 e. The van der Waals surface area contributed by atoms with E-state index in [-0.39, 0.29) is 5.91 Å². The zero-order valence-electron chi connectivity index (χ0n) is 11.0. The molecule has 0 saturated carbocycles. The van der Waals surface area contributed by atoms with Gasteiger partial charge in [0.15, 0.2) is 5.13 Å². The molecule has 2 aromatic heterocycles. The van der Waals surface area contributed by atoms with Crippen molar-refractivity contribution < 1.29 is 4.79 Å². The molecule has 0 aliphatic rings. The second-order valence-corrected chi connectivity index (χ2v) is 5.13. The molecule has 1 aromatic carbocycles. The first-order valence-electron chi connectivity index (χ1n) is 6.29. The van der Waals surface area contributed by atoms with Crippen molar-refractivity contribution in [2.75, 3.05) is 10.6 Å². The minimum atomic E-state index is -0.175. The predicted octanol–water partition coefficient (Wildman–Crippen LogP) is 3.53. The monoisotopic (exact) mass is 296 g/mol. The Labute approximate surface area is 125 Å². The standard InChI is InChI=1S/C15H12N4OS/c20-14(18-13-5-2-6-16-10-13)11-3-1-4-12(9-11)19-15-17-7-8-21-15/h1-10H,(H,17,19)(H,18,20). The summed E-state index contributed by atoms with van der Waals surface area (Å²) in [7, 11) is 0. The van der Waals surface area contributed by atoms with E-state index in [1.54, 1.807) is 42.9 Å². The molecule has 3 rings (SSSR count). The molecule has 3 aromatic rings. The number of amides is 1. The van der Waals surface area contributed by atoms with E-state index in [4.69, 9.17) is 0 Å². The number of hydrogen-bond acceptors (Lipinski definition) is 5. The molecule has 0 spiro atoms. The molecule has 2 N–H and O–H groups in total. The van der Waals surface area contributed by atoms with Crippen molar-refractivity contribution in [2.24, 2.45) is 0 Å². The molecule has 1 amide bonds. The Balaban J connectivity index is 1.74. The summed E-state index contributed by atoms with van der Waals surface area (Å²) in [4.78, 5) is 20.3. The fraction of sp³-hybridized carbons (Fsp3) is 0. The van der Waals surface area contributed by atoms with Gasteiger partial charge in [-0.3, -0.25) is 9.78 Å². The van der Waals surface area contributed by atoms with Crippen molar-refractivity contribution >= 4 is 33.8 Å². The first-order valence-corrected chi connectivity index (χ1v) is 7.17. The van der Waals surface area contributed by atoms with E-state index >= 15 is 0 Å². The van der Waals surface area contributed by atoms with Crippen LogP contribution in [0.3, 0.4) is 0 Å².